The Morgan fingerprint density at radius 3 is 2.59 bits per heavy atom. The second-order valence-corrected chi connectivity index (χ2v) is 6.84. The first-order chi connectivity index (χ1) is 8.08. The van der Waals surface area contributed by atoms with Crippen LogP contribution in [-0.2, 0) is 0 Å². The van der Waals surface area contributed by atoms with Gasteiger partial charge in [-0.05, 0) is 39.5 Å². The van der Waals surface area contributed by atoms with Gasteiger partial charge in [-0.15, -0.1) is 11.3 Å². The van der Waals surface area contributed by atoms with Crippen molar-refractivity contribution in [2.24, 2.45) is 5.92 Å². The standard InChI is InChI=1S/C14H24N2S/c1-9-7-5-6-8-13(9)15-10(2)14-11(3)17-12(4)16-14/h9-10,13,15H,5-8H2,1-4H3. The first-order valence-corrected chi connectivity index (χ1v) is 7.59. The lowest BCUT2D eigenvalue weighted by Crippen LogP contribution is -2.38. The highest BCUT2D eigenvalue weighted by atomic mass is 32.1. The molecule has 1 aliphatic rings. The molecule has 1 N–H and O–H groups in total. The molecule has 0 aliphatic heterocycles. The molecule has 1 heterocycles. The van der Waals surface area contributed by atoms with E-state index in [0.717, 1.165) is 5.92 Å². The van der Waals surface area contributed by atoms with Crippen molar-refractivity contribution < 1.29 is 0 Å². The minimum absolute atomic E-state index is 0.394. The second-order valence-electron chi connectivity index (χ2n) is 5.43. The van der Waals surface area contributed by atoms with Crippen molar-refractivity contribution in [3.05, 3.63) is 15.6 Å². The van der Waals surface area contributed by atoms with Crippen molar-refractivity contribution in [1.82, 2.24) is 10.3 Å². The number of hydrogen-bond acceptors (Lipinski definition) is 3. The molecule has 1 aromatic rings. The van der Waals surface area contributed by atoms with Gasteiger partial charge in [0.15, 0.2) is 0 Å². The molecule has 1 aromatic heterocycles. The maximum absolute atomic E-state index is 4.66. The van der Waals surface area contributed by atoms with Crippen LogP contribution in [0.3, 0.4) is 0 Å². The Labute approximate surface area is 109 Å². The molecule has 0 spiro atoms. The zero-order chi connectivity index (χ0) is 12.4. The summed E-state index contributed by atoms with van der Waals surface area (Å²) >= 11 is 1.81. The van der Waals surface area contributed by atoms with Crippen molar-refractivity contribution in [3.8, 4) is 0 Å². The lowest BCUT2D eigenvalue weighted by atomic mass is 9.85. The quantitative estimate of drug-likeness (QED) is 0.880. The zero-order valence-corrected chi connectivity index (χ0v) is 12.2. The summed E-state index contributed by atoms with van der Waals surface area (Å²) in [6.07, 6.45) is 5.49. The fourth-order valence-corrected chi connectivity index (χ4v) is 3.82. The maximum Gasteiger partial charge on any atom is 0.0900 e. The summed E-state index contributed by atoms with van der Waals surface area (Å²) in [7, 11) is 0. The van der Waals surface area contributed by atoms with Crippen LogP contribution < -0.4 is 5.32 Å². The Hall–Kier alpha value is -0.410. The van der Waals surface area contributed by atoms with Crippen LogP contribution in [0.1, 0.15) is 61.2 Å². The van der Waals surface area contributed by atoms with Crippen LogP contribution in [0, 0.1) is 19.8 Å². The molecule has 0 saturated heterocycles. The number of nitrogens with zero attached hydrogens (tertiary/aromatic N) is 1. The number of rotatable bonds is 3. The fourth-order valence-electron chi connectivity index (χ4n) is 2.91. The molecule has 3 unspecified atom stereocenters. The Balaban J connectivity index is 2.00. The summed E-state index contributed by atoms with van der Waals surface area (Å²) in [6.45, 7) is 8.91. The first-order valence-electron chi connectivity index (χ1n) is 6.78. The predicted molar refractivity (Wildman–Crippen MR) is 74.6 cm³/mol. The van der Waals surface area contributed by atoms with E-state index in [9.17, 15) is 0 Å². The summed E-state index contributed by atoms with van der Waals surface area (Å²) in [5.74, 6) is 0.811. The molecule has 2 nitrogen and oxygen atoms in total. The third kappa shape index (κ3) is 3.08. The van der Waals surface area contributed by atoms with E-state index in [2.05, 4.69) is 38.0 Å². The van der Waals surface area contributed by atoms with E-state index >= 15 is 0 Å². The maximum atomic E-state index is 4.66. The normalized spacial score (nSPS) is 27.1. The van der Waals surface area contributed by atoms with E-state index in [1.165, 1.54) is 41.3 Å². The van der Waals surface area contributed by atoms with Gasteiger partial charge in [-0.1, -0.05) is 19.8 Å². The monoisotopic (exact) mass is 252 g/mol. The Bertz CT molecular complexity index is 372. The number of hydrogen-bond donors (Lipinski definition) is 1. The largest absolute Gasteiger partial charge is 0.306 e. The van der Waals surface area contributed by atoms with Crippen molar-refractivity contribution in [2.45, 2.75) is 65.5 Å². The smallest absolute Gasteiger partial charge is 0.0900 e. The molecule has 0 aromatic carbocycles. The summed E-state index contributed by atoms with van der Waals surface area (Å²) in [5.41, 5.74) is 1.25. The predicted octanol–water partition coefficient (Wildman–Crippen LogP) is 3.99. The van der Waals surface area contributed by atoms with Gasteiger partial charge in [0.05, 0.1) is 10.7 Å². The number of thiazole rings is 1. The molecule has 0 bridgehead atoms. The van der Waals surface area contributed by atoms with Crippen molar-refractivity contribution >= 4 is 11.3 Å². The zero-order valence-electron chi connectivity index (χ0n) is 11.4. The van der Waals surface area contributed by atoms with Gasteiger partial charge in [-0.25, -0.2) is 4.98 Å². The molecule has 2 rings (SSSR count). The van der Waals surface area contributed by atoms with Gasteiger partial charge in [0.1, 0.15) is 0 Å². The van der Waals surface area contributed by atoms with Crippen LogP contribution in [-0.4, -0.2) is 11.0 Å². The molecule has 1 saturated carbocycles. The van der Waals surface area contributed by atoms with Crippen molar-refractivity contribution in [3.63, 3.8) is 0 Å². The summed E-state index contributed by atoms with van der Waals surface area (Å²) in [5, 5.41) is 4.97. The van der Waals surface area contributed by atoms with E-state index in [1.807, 2.05) is 11.3 Å². The van der Waals surface area contributed by atoms with Crippen molar-refractivity contribution in [1.29, 1.82) is 0 Å². The lowest BCUT2D eigenvalue weighted by molar-refractivity contribution is 0.262. The molecule has 0 amide bonds. The van der Waals surface area contributed by atoms with Crippen LogP contribution in [0.2, 0.25) is 0 Å². The lowest BCUT2D eigenvalue weighted by Gasteiger charge is -2.32. The molecule has 0 radical (unpaired) electrons. The molecule has 3 atom stereocenters. The van der Waals surface area contributed by atoms with Gasteiger partial charge in [0, 0.05) is 17.0 Å². The molecular formula is C14H24N2S. The van der Waals surface area contributed by atoms with Crippen molar-refractivity contribution in [2.75, 3.05) is 0 Å². The summed E-state index contributed by atoms with van der Waals surface area (Å²) in [6, 6.07) is 1.07. The molecule has 1 aliphatic carbocycles. The average Bonchev–Trinajstić information content (AvgIpc) is 2.61. The van der Waals surface area contributed by atoms with Gasteiger partial charge in [-0.3, -0.25) is 0 Å². The van der Waals surface area contributed by atoms with Crippen LogP contribution in [0.5, 0.6) is 0 Å². The molecule has 96 valence electrons. The third-order valence-corrected chi connectivity index (χ3v) is 4.83. The van der Waals surface area contributed by atoms with E-state index in [1.54, 1.807) is 0 Å². The molecular weight excluding hydrogens is 228 g/mol. The van der Waals surface area contributed by atoms with Gasteiger partial charge < -0.3 is 5.32 Å². The second kappa shape index (κ2) is 5.49. The van der Waals surface area contributed by atoms with Gasteiger partial charge in [0.25, 0.3) is 0 Å². The number of aromatic nitrogens is 1. The molecule has 1 fully saturated rings. The third-order valence-electron chi connectivity index (χ3n) is 3.93. The number of aryl methyl sites for hydroxylation is 2. The highest BCUT2D eigenvalue weighted by Crippen LogP contribution is 2.28. The van der Waals surface area contributed by atoms with Gasteiger partial charge >= 0.3 is 0 Å². The van der Waals surface area contributed by atoms with Gasteiger partial charge in [-0.2, -0.15) is 0 Å². The molecule has 17 heavy (non-hydrogen) atoms. The Morgan fingerprint density at radius 2 is 2.00 bits per heavy atom. The van der Waals surface area contributed by atoms with E-state index < -0.39 is 0 Å². The minimum Gasteiger partial charge on any atom is -0.306 e. The fraction of sp³-hybridized carbons (Fsp3) is 0.786. The minimum atomic E-state index is 0.394. The highest BCUT2D eigenvalue weighted by molar-refractivity contribution is 7.11. The van der Waals surface area contributed by atoms with Gasteiger partial charge in [0.2, 0.25) is 0 Å². The van der Waals surface area contributed by atoms with Crippen LogP contribution in [0.25, 0.3) is 0 Å². The van der Waals surface area contributed by atoms with Crippen LogP contribution >= 0.6 is 11.3 Å². The number of nitrogens with one attached hydrogen (secondary N) is 1. The Kier molecular flexibility index (Phi) is 4.21. The molecule has 3 heteroatoms. The highest BCUT2D eigenvalue weighted by Gasteiger charge is 2.24. The van der Waals surface area contributed by atoms with E-state index in [4.69, 9.17) is 0 Å². The van der Waals surface area contributed by atoms with E-state index in [-0.39, 0.29) is 0 Å². The topological polar surface area (TPSA) is 24.9 Å². The Morgan fingerprint density at radius 1 is 1.29 bits per heavy atom. The van der Waals surface area contributed by atoms with E-state index in [0.29, 0.717) is 12.1 Å². The van der Waals surface area contributed by atoms with Crippen LogP contribution in [0.4, 0.5) is 0 Å². The first kappa shape index (κ1) is 13.0. The SMILES string of the molecule is Cc1nc(C(C)NC2CCCCC2C)c(C)s1. The summed E-state index contributed by atoms with van der Waals surface area (Å²) in [4.78, 5) is 6.02. The average molecular weight is 252 g/mol. The summed E-state index contributed by atoms with van der Waals surface area (Å²) < 4.78 is 0. The van der Waals surface area contributed by atoms with Crippen LogP contribution in [0.15, 0.2) is 0 Å².